The van der Waals surface area contributed by atoms with Gasteiger partial charge in [-0.1, -0.05) is 6.07 Å². The first-order valence-corrected chi connectivity index (χ1v) is 10.6. The maximum absolute atomic E-state index is 15.2. The Morgan fingerprint density at radius 1 is 1.13 bits per heavy atom. The minimum atomic E-state index is -1.12. The smallest absolute Gasteiger partial charge is 0.232 e. The van der Waals surface area contributed by atoms with Gasteiger partial charge in [0, 0.05) is 29.3 Å². The highest BCUT2D eigenvalue weighted by Crippen LogP contribution is 2.42. The molecule has 2 aliphatic heterocycles. The molecule has 2 saturated heterocycles. The fourth-order valence-corrected chi connectivity index (χ4v) is 5.09. The number of alkyl halides is 1. The third-order valence-electron chi connectivity index (χ3n) is 6.60. The number of aromatic nitrogens is 4. The van der Waals surface area contributed by atoms with Crippen LogP contribution in [-0.2, 0) is 0 Å². The number of rotatable bonds is 4. The summed E-state index contributed by atoms with van der Waals surface area (Å²) in [6.07, 6.45) is 8.20. The number of H-pyrrole nitrogens is 1. The van der Waals surface area contributed by atoms with Crippen molar-refractivity contribution in [3.8, 4) is 34.0 Å². The molecule has 8 heteroatoms. The van der Waals surface area contributed by atoms with Crippen LogP contribution in [0.5, 0.6) is 11.6 Å². The van der Waals surface area contributed by atoms with E-state index in [1.807, 2.05) is 13.0 Å². The molecule has 0 spiro atoms. The van der Waals surface area contributed by atoms with E-state index in [9.17, 15) is 5.11 Å². The van der Waals surface area contributed by atoms with Gasteiger partial charge < -0.3 is 15.2 Å². The number of aromatic hydroxyl groups is 1. The molecule has 0 radical (unpaired) electrons. The second kappa shape index (κ2) is 7.30. The number of phenolic OH excluding ortho intramolecular Hbond substituents is 1. The number of aromatic amines is 1. The predicted octanol–water partition coefficient (Wildman–Crippen LogP) is 4.02. The van der Waals surface area contributed by atoms with Crippen molar-refractivity contribution in [3.05, 3.63) is 43.0 Å². The Kier molecular flexibility index (Phi) is 4.69. The Morgan fingerprint density at radius 2 is 2.00 bits per heavy atom. The normalized spacial score (nSPS) is 30.2. The van der Waals surface area contributed by atoms with Crippen molar-refractivity contribution in [1.82, 2.24) is 25.5 Å². The minimum Gasteiger partial charge on any atom is -0.507 e. The summed E-state index contributed by atoms with van der Waals surface area (Å²) >= 11 is 0. The van der Waals surface area contributed by atoms with Crippen LogP contribution in [0.4, 0.5) is 4.39 Å². The molecule has 0 amide bonds. The quantitative estimate of drug-likeness (QED) is 0.587. The molecule has 3 N–H and O–H groups in total. The zero-order valence-electron chi connectivity index (χ0n) is 17.6. The van der Waals surface area contributed by atoms with Gasteiger partial charge in [-0.25, -0.2) is 14.4 Å². The molecule has 1 aromatic carbocycles. The van der Waals surface area contributed by atoms with Gasteiger partial charge in [0.15, 0.2) is 6.17 Å². The molecule has 7 nitrogen and oxygen atoms in total. The zero-order chi connectivity index (χ0) is 21.6. The molecular formula is C23H26FN5O2. The van der Waals surface area contributed by atoms with Crippen molar-refractivity contribution in [1.29, 1.82) is 0 Å². The summed E-state index contributed by atoms with van der Waals surface area (Å²) < 4.78 is 21.2. The molecule has 2 aromatic heterocycles. The lowest BCUT2D eigenvalue weighted by Crippen LogP contribution is -2.71. The summed E-state index contributed by atoms with van der Waals surface area (Å²) in [6, 6.07) is 5.33. The summed E-state index contributed by atoms with van der Waals surface area (Å²) in [5.41, 5.74) is 2.09. The molecule has 2 fully saturated rings. The molecule has 0 aliphatic carbocycles. The van der Waals surface area contributed by atoms with Crippen LogP contribution in [0.25, 0.3) is 22.4 Å². The van der Waals surface area contributed by atoms with Gasteiger partial charge in [0.1, 0.15) is 11.9 Å². The van der Waals surface area contributed by atoms with Crippen LogP contribution in [0.15, 0.2) is 43.0 Å². The minimum absolute atomic E-state index is 0.0949. The second-order valence-corrected chi connectivity index (χ2v) is 9.18. The molecular weight excluding hydrogens is 397 g/mol. The van der Waals surface area contributed by atoms with Gasteiger partial charge in [-0.2, -0.15) is 5.10 Å². The van der Waals surface area contributed by atoms with E-state index >= 15 is 4.39 Å². The fraction of sp³-hybridized carbons (Fsp3) is 0.435. The number of ether oxygens (including phenoxy) is 1. The Balaban J connectivity index is 1.34. The van der Waals surface area contributed by atoms with Gasteiger partial charge in [-0.15, -0.1) is 0 Å². The second-order valence-electron chi connectivity index (χ2n) is 9.18. The SMILES string of the molecule is C[C@@]12CCC[C@@](C)(N1)[C@H](F)[C@@H](Oc1cnc(-c3ccc(-c4cn[nH]c4)cc3O)cn1)C2. The molecule has 31 heavy (non-hydrogen) atoms. The highest BCUT2D eigenvalue weighted by Gasteiger charge is 2.53. The van der Waals surface area contributed by atoms with Crippen LogP contribution in [-0.4, -0.2) is 48.6 Å². The fourth-order valence-electron chi connectivity index (χ4n) is 5.09. The topological polar surface area (TPSA) is 96.0 Å². The maximum atomic E-state index is 15.2. The summed E-state index contributed by atoms with van der Waals surface area (Å²) in [4.78, 5) is 8.73. The predicted molar refractivity (Wildman–Crippen MR) is 114 cm³/mol. The van der Waals surface area contributed by atoms with E-state index in [0.717, 1.165) is 30.4 Å². The van der Waals surface area contributed by atoms with Crippen LogP contribution in [0, 0.1) is 0 Å². The van der Waals surface area contributed by atoms with Gasteiger partial charge in [-0.3, -0.25) is 5.10 Å². The molecule has 162 valence electrons. The first-order valence-electron chi connectivity index (χ1n) is 10.6. The van der Waals surface area contributed by atoms with Crippen LogP contribution < -0.4 is 10.1 Å². The standard InChI is InChI=1S/C23H26FN5O2/c1-22-6-3-7-23(2,29-22)21(24)19(9-22)31-20-13-25-17(12-26-20)16-5-4-14(8-18(16)30)15-10-27-28-11-15/h4-5,8,10-13,19,21,29-30H,3,6-7,9H2,1-2H3,(H,27,28)/t19-,21+,22-,23+/m0/s1. The molecule has 4 heterocycles. The van der Waals surface area contributed by atoms with Crippen molar-refractivity contribution in [3.63, 3.8) is 0 Å². The Morgan fingerprint density at radius 3 is 2.71 bits per heavy atom. The van der Waals surface area contributed by atoms with E-state index in [2.05, 4.69) is 32.4 Å². The van der Waals surface area contributed by atoms with E-state index in [0.29, 0.717) is 17.7 Å². The average molecular weight is 423 g/mol. The number of halogens is 1. The summed E-state index contributed by atoms with van der Waals surface area (Å²) in [6.45, 7) is 4.08. The number of hydrogen-bond donors (Lipinski definition) is 3. The Bertz CT molecular complexity index is 1070. The highest BCUT2D eigenvalue weighted by molar-refractivity contribution is 5.73. The molecule has 0 unspecified atom stereocenters. The van der Waals surface area contributed by atoms with E-state index in [1.165, 1.54) is 6.20 Å². The van der Waals surface area contributed by atoms with Crippen LogP contribution in [0.1, 0.15) is 39.5 Å². The largest absolute Gasteiger partial charge is 0.507 e. The summed E-state index contributed by atoms with van der Waals surface area (Å²) in [5, 5.41) is 20.6. The Hall–Kier alpha value is -3.00. The average Bonchev–Trinajstić information content (AvgIpc) is 3.27. The number of benzene rings is 1. The van der Waals surface area contributed by atoms with Crippen molar-refractivity contribution in [2.45, 2.75) is 62.9 Å². The van der Waals surface area contributed by atoms with Crippen LogP contribution in [0.2, 0.25) is 0 Å². The monoisotopic (exact) mass is 423 g/mol. The van der Waals surface area contributed by atoms with Crippen molar-refractivity contribution in [2.24, 2.45) is 0 Å². The van der Waals surface area contributed by atoms with Crippen LogP contribution >= 0.6 is 0 Å². The summed E-state index contributed by atoms with van der Waals surface area (Å²) in [7, 11) is 0. The van der Waals surface area contributed by atoms with Gasteiger partial charge in [0.2, 0.25) is 5.88 Å². The van der Waals surface area contributed by atoms with Crippen molar-refractivity contribution < 1.29 is 14.2 Å². The molecule has 0 saturated carbocycles. The van der Waals surface area contributed by atoms with E-state index < -0.39 is 17.8 Å². The van der Waals surface area contributed by atoms with E-state index in [1.54, 1.807) is 30.7 Å². The van der Waals surface area contributed by atoms with Crippen molar-refractivity contribution in [2.75, 3.05) is 0 Å². The van der Waals surface area contributed by atoms with Gasteiger partial charge in [0.25, 0.3) is 0 Å². The van der Waals surface area contributed by atoms with Gasteiger partial charge >= 0.3 is 0 Å². The lowest BCUT2D eigenvalue weighted by molar-refractivity contribution is -0.0625. The zero-order valence-corrected chi connectivity index (χ0v) is 17.6. The van der Waals surface area contributed by atoms with E-state index in [4.69, 9.17) is 4.74 Å². The summed E-state index contributed by atoms with van der Waals surface area (Å²) in [5.74, 6) is 0.385. The molecule has 4 atom stereocenters. The molecule has 3 aromatic rings. The number of phenols is 1. The molecule has 2 aliphatic rings. The lowest BCUT2D eigenvalue weighted by atomic mass is 9.69. The van der Waals surface area contributed by atoms with E-state index in [-0.39, 0.29) is 17.2 Å². The highest BCUT2D eigenvalue weighted by atomic mass is 19.1. The number of nitrogens with one attached hydrogen (secondary N) is 2. The third kappa shape index (κ3) is 3.65. The van der Waals surface area contributed by atoms with Crippen LogP contribution in [0.3, 0.4) is 0 Å². The number of hydrogen-bond acceptors (Lipinski definition) is 6. The number of fused-ring (bicyclic) bond motifs is 2. The molecule has 5 rings (SSSR count). The molecule has 2 bridgehead atoms. The lowest BCUT2D eigenvalue weighted by Gasteiger charge is -2.54. The van der Waals surface area contributed by atoms with Gasteiger partial charge in [0.05, 0.1) is 29.8 Å². The van der Waals surface area contributed by atoms with Gasteiger partial charge in [-0.05, 0) is 50.8 Å². The first kappa shape index (κ1) is 19.9. The number of nitrogens with zero attached hydrogens (tertiary/aromatic N) is 3. The maximum Gasteiger partial charge on any atom is 0.232 e. The number of piperidine rings is 2. The van der Waals surface area contributed by atoms with Crippen molar-refractivity contribution >= 4 is 0 Å². The third-order valence-corrected chi connectivity index (χ3v) is 6.60. The first-order chi connectivity index (χ1) is 14.9. The Labute approximate surface area is 180 Å².